The molecule has 6 heteroatoms. The fourth-order valence-electron chi connectivity index (χ4n) is 4.54. The summed E-state index contributed by atoms with van der Waals surface area (Å²) in [5, 5.41) is 7.52. The molecular formula is C25H30N4O2. The van der Waals surface area contributed by atoms with Gasteiger partial charge in [0.25, 0.3) is 5.91 Å². The van der Waals surface area contributed by atoms with Crippen molar-refractivity contribution in [2.24, 2.45) is 5.92 Å². The molecule has 1 amide bonds. The summed E-state index contributed by atoms with van der Waals surface area (Å²) in [6, 6.07) is 17.0. The number of amides is 1. The number of morpholine rings is 1. The molecule has 0 bridgehead atoms. The van der Waals surface area contributed by atoms with Gasteiger partial charge in [0.15, 0.2) is 0 Å². The number of nitrogens with zero attached hydrogens (tertiary/aromatic N) is 1. The number of benzene rings is 2. The molecule has 0 atom stereocenters. The van der Waals surface area contributed by atoms with Gasteiger partial charge in [0, 0.05) is 36.2 Å². The quantitative estimate of drug-likeness (QED) is 0.594. The number of nitrogens with one attached hydrogen (secondary N) is 3. The van der Waals surface area contributed by atoms with Crippen LogP contribution in [0.4, 0.5) is 5.69 Å². The van der Waals surface area contributed by atoms with E-state index in [4.69, 9.17) is 4.74 Å². The molecule has 2 aliphatic heterocycles. The molecule has 1 aromatic heterocycles. The number of aromatic amines is 1. The molecule has 5 rings (SSSR count). The Morgan fingerprint density at radius 3 is 2.52 bits per heavy atom. The Morgan fingerprint density at radius 1 is 1.00 bits per heavy atom. The van der Waals surface area contributed by atoms with Crippen molar-refractivity contribution in [2.75, 3.05) is 50.8 Å². The molecule has 0 aliphatic carbocycles. The summed E-state index contributed by atoms with van der Waals surface area (Å²) in [5.74, 6) is 0.549. The number of carbonyl (C=O) groups is 1. The number of rotatable bonds is 5. The van der Waals surface area contributed by atoms with Crippen molar-refractivity contribution >= 4 is 22.5 Å². The van der Waals surface area contributed by atoms with Crippen molar-refractivity contribution in [3.63, 3.8) is 0 Å². The van der Waals surface area contributed by atoms with Gasteiger partial charge in [0.05, 0.1) is 13.2 Å². The Morgan fingerprint density at radius 2 is 1.74 bits per heavy atom. The lowest BCUT2D eigenvalue weighted by molar-refractivity contribution is 0.0940. The molecule has 0 saturated carbocycles. The van der Waals surface area contributed by atoms with Crippen LogP contribution in [-0.2, 0) is 4.74 Å². The molecule has 6 nitrogen and oxygen atoms in total. The van der Waals surface area contributed by atoms with Crippen molar-refractivity contribution in [1.29, 1.82) is 0 Å². The average Bonchev–Trinajstić information content (AvgIpc) is 3.27. The largest absolute Gasteiger partial charge is 0.378 e. The van der Waals surface area contributed by atoms with Crippen molar-refractivity contribution in [2.45, 2.75) is 12.8 Å². The van der Waals surface area contributed by atoms with Gasteiger partial charge >= 0.3 is 0 Å². The molecule has 2 saturated heterocycles. The molecule has 3 heterocycles. The zero-order valence-electron chi connectivity index (χ0n) is 17.8. The number of hydrogen-bond acceptors (Lipinski definition) is 4. The molecule has 3 N–H and O–H groups in total. The fraction of sp³-hybridized carbons (Fsp3) is 0.400. The van der Waals surface area contributed by atoms with Gasteiger partial charge in [-0.3, -0.25) is 4.79 Å². The second kappa shape index (κ2) is 9.12. The first-order valence-corrected chi connectivity index (χ1v) is 11.3. The van der Waals surface area contributed by atoms with Gasteiger partial charge in [-0.1, -0.05) is 18.2 Å². The van der Waals surface area contributed by atoms with E-state index in [1.165, 1.54) is 11.3 Å². The number of piperidine rings is 1. The third kappa shape index (κ3) is 4.60. The Kier molecular flexibility index (Phi) is 5.91. The van der Waals surface area contributed by atoms with E-state index in [2.05, 4.69) is 63.0 Å². The van der Waals surface area contributed by atoms with Crippen molar-refractivity contribution in [1.82, 2.24) is 15.6 Å². The minimum Gasteiger partial charge on any atom is -0.378 e. The van der Waals surface area contributed by atoms with Crippen LogP contribution in [0.25, 0.3) is 22.0 Å². The standard InChI is InChI=1S/C25H30N4O2/c30-25(27-17-18-7-9-26-10-8-18)24-16-21-15-20(3-6-23(21)28-24)19-1-4-22(5-2-19)29-11-13-31-14-12-29/h1-6,15-16,18,26,28H,7-14,17H2,(H,27,30). The lowest BCUT2D eigenvalue weighted by Gasteiger charge is -2.28. The third-order valence-electron chi connectivity index (χ3n) is 6.45. The van der Waals surface area contributed by atoms with Crippen LogP contribution >= 0.6 is 0 Å². The van der Waals surface area contributed by atoms with Crippen molar-refractivity contribution in [3.05, 3.63) is 54.2 Å². The topological polar surface area (TPSA) is 69.4 Å². The Bertz CT molecular complexity index is 1030. The number of fused-ring (bicyclic) bond motifs is 1. The van der Waals surface area contributed by atoms with Gasteiger partial charge in [-0.2, -0.15) is 0 Å². The maximum Gasteiger partial charge on any atom is 0.267 e. The third-order valence-corrected chi connectivity index (χ3v) is 6.45. The summed E-state index contributed by atoms with van der Waals surface area (Å²) in [5.41, 5.74) is 5.19. The molecule has 0 unspecified atom stereocenters. The fourth-order valence-corrected chi connectivity index (χ4v) is 4.54. The number of anilines is 1. The van der Waals surface area contributed by atoms with E-state index in [1.54, 1.807) is 0 Å². The molecule has 2 aromatic carbocycles. The maximum absolute atomic E-state index is 12.6. The summed E-state index contributed by atoms with van der Waals surface area (Å²) in [7, 11) is 0. The van der Waals surface area contributed by atoms with Crippen LogP contribution in [0.2, 0.25) is 0 Å². The van der Waals surface area contributed by atoms with E-state index in [0.717, 1.165) is 75.2 Å². The van der Waals surface area contributed by atoms with Gasteiger partial charge in [0.2, 0.25) is 0 Å². The second-order valence-corrected chi connectivity index (χ2v) is 8.53. The van der Waals surface area contributed by atoms with Crippen LogP contribution in [0, 0.1) is 5.92 Å². The van der Waals surface area contributed by atoms with E-state index in [1.807, 2.05) is 6.07 Å². The predicted molar refractivity (Wildman–Crippen MR) is 125 cm³/mol. The lowest BCUT2D eigenvalue weighted by atomic mass is 9.98. The average molecular weight is 419 g/mol. The van der Waals surface area contributed by atoms with Crippen molar-refractivity contribution in [3.8, 4) is 11.1 Å². The normalized spacial score (nSPS) is 17.7. The molecular weight excluding hydrogens is 388 g/mol. The number of H-pyrrole nitrogens is 1. The van der Waals surface area contributed by atoms with E-state index in [9.17, 15) is 4.79 Å². The number of carbonyl (C=O) groups excluding carboxylic acids is 1. The van der Waals surface area contributed by atoms with Gasteiger partial charge in [-0.15, -0.1) is 0 Å². The van der Waals surface area contributed by atoms with E-state index < -0.39 is 0 Å². The minimum absolute atomic E-state index is 0.0221. The van der Waals surface area contributed by atoms with Crippen LogP contribution in [0.15, 0.2) is 48.5 Å². The van der Waals surface area contributed by atoms with Crippen molar-refractivity contribution < 1.29 is 9.53 Å². The monoisotopic (exact) mass is 418 g/mol. The first-order valence-electron chi connectivity index (χ1n) is 11.3. The maximum atomic E-state index is 12.6. The van der Waals surface area contributed by atoms with E-state index >= 15 is 0 Å². The summed E-state index contributed by atoms with van der Waals surface area (Å²) in [6.07, 6.45) is 2.25. The number of ether oxygens (including phenoxy) is 1. The first kappa shape index (κ1) is 20.1. The molecule has 31 heavy (non-hydrogen) atoms. The highest BCUT2D eigenvalue weighted by atomic mass is 16.5. The minimum atomic E-state index is -0.0221. The molecule has 162 valence electrons. The molecule has 3 aromatic rings. The Labute approximate surface area is 183 Å². The van der Waals surface area contributed by atoms with Gasteiger partial charge in [-0.25, -0.2) is 0 Å². The number of aromatic nitrogens is 1. The van der Waals surface area contributed by atoms with Crippen LogP contribution in [0.1, 0.15) is 23.3 Å². The zero-order chi connectivity index (χ0) is 21.0. The van der Waals surface area contributed by atoms with Crippen LogP contribution in [-0.4, -0.2) is 56.8 Å². The van der Waals surface area contributed by atoms with Crippen LogP contribution in [0.3, 0.4) is 0 Å². The first-order chi connectivity index (χ1) is 15.3. The van der Waals surface area contributed by atoms with Gasteiger partial charge in [0.1, 0.15) is 5.69 Å². The highest BCUT2D eigenvalue weighted by Gasteiger charge is 2.16. The van der Waals surface area contributed by atoms with Crippen LogP contribution in [0.5, 0.6) is 0 Å². The van der Waals surface area contributed by atoms with Crippen LogP contribution < -0.4 is 15.5 Å². The predicted octanol–water partition coefficient (Wildman–Crippen LogP) is 3.40. The van der Waals surface area contributed by atoms with Gasteiger partial charge < -0.3 is 25.3 Å². The SMILES string of the molecule is O=C(NCC1CCNCC1)c1cc2cc(-c3ccc(N4CCOCC4)cc3)ccc2[nH]1. The smallest absolute Gasteiger partial charge is 0.267 e. The summed E-state index contributed by atoms with van der Waals surface area (Å²) in [4.78, 5) is 18.3. The molecule has 2 fully saturated rings. The highest BCUT2D eigenvalue weighted by molar-refractivity contribution is 5.98. The molecule has 2 aliphatic rings. The summed E-state index contributed by atoms with van der Waals surface area (Å²) >= 11 is 0. The molecule has 0 radical (unpaired) electrons. The zero-order valence-corrected chi connectivity index (χ0v) is 17.8. The lowest BCUT2D eigenvalue weighted by Crippen LogP contribution is -2.36. The highest BCUT2D eigenvalue weighted by Crippen LogP contribution is 2.27. The Balaban J connectivity index is 1.28. The Hall–Kier alpha value is -2.83. The summed E-state index contributed by atoms with van der Waals surface area (Å²) < 4.78 is 5.44. The van der Waals surface area contributed by atoms with E-state index in [-0.39, 0.29) is 5.91 Å². The molecule has 0 spiro atoms. The second-order valence-electron chi connectivity index (χ2n) is 8.53. The summed E-state index contributed by atoms with van der Waals surface area (Å²) in [6.45, 7) is 6.30. The number of hydrogen-bond donors (Lipinski definition) is 3. The van der Waals surface area contributed by atoms with E-state index in [0.29, 0.717) is 11.6 Å². The van der Waals surface area contributed by atoms with Gasteiger partial charge in [-0.05, 0) is 73.3 Å².